The zero-order valence-electron chi connectivity index (χ0n) is 19.1. The van der Waals surface area contributed by atoms with E-state index in [-0.39, 0.29) is 25.3 Å². The van der Waals surface area contributed by atoms with E-state index in [4.69, 9.17) is 4.74 Å². The minimum atomic E-state index is -2.05. The van der Waals surface area contributed by atoms with E-state index in [9.17, 15) is 34.2 Å². The summed E-state index contributed by atoms with van der Waals surface area (Å²) in [5, 5.41) is 25.7. The molecule has 0 spiro atoms. The lowest BCUT2D eigenvalue weighted by Crippen LogP contribution is -2.59. The molecule has 0 aromatic heterocycles. The van der Waals surface area contributed by atoms with Crippen molar-refractivity contribution in [3.63, 3.8) is 0 Å². The molecule has 11 heteroatoms. The molecule has 2 aromatic carbocycles. The van der Waals surface area contributed by atoms with Gasteiger partial charge in [-0.1, -0.05) is 12.1 Å². The van der Waals surface area contributed by atoms with E-state index < -0.39 is 36.0 Å². The smallest absolute Gasteiger partial charge is 0.322 e. The number of urea groups is 1. The van der Waals surface area contributed by atoms with Crippen molar-refractivity contribution >= 4 is 35.3 Å². The van der Waals surface area contributed by atoms with E-state index in [2.05, 4.69) is 5.32 Å². The predicted molar refractivity (Wildman–Crippen MR) is 118 cm³/mol. The average Bonchev–Trinajstić information content (AvgIpc) is 3.27. The molecule has 2 atom stereocenters. The Morgan fingerprint density at radius 3 is 2.17 bits per heavy atom. The monoisotopic (exact) mass is 481 g/mol. The highest BCUT2D eigenvalue weighted by molar-refractivity contribution is 6.30. The van der Waals surface area contributed by atoms with Crippen LogP contribution in [0.5, 0.6) is 5.75 Å². The van der Waals surface area contributed by atoms with Crippen LogP contribution in [0.25, 0.3) is 0 Å². The maximum absolute atomic E-state index is 13.3. The molecule has 1 aliphatic heterocycles. The molecule has 0 aliphatic carbocycles. The number of hydrogen-bond donors (Lipinski definition) is 1. The Balaban J connectivity index is 1.92. The van der Waals surface area contributed by atoms with Gasteiger partial charge in [0.25, 0.3) is 5.91 Å². The Hall–Kier alpha value is -4.41. The van der Waals surface area contributed by atoms with Crippen molar-refractivity contribution in [1.29, 1.82) is 0 Å². The largest absolute Gasteiger partial charge is 0.548 e. The van der Waals surface area contributed by atoms with Crippen LogP contribution in [0.2, 0.25) is 0 Å². The first-order chi connectivity index (χ1) is 16.6. The van der Waals surface area contributed by atoms with E-state index >= 15 is 0 Å². The number of Topliss-reactive ketones (excluding diaryl/α,β-unsaturated/α-hetero) is 1. The van der Waals surface area contributed by atoms with Gasteiger partial charge in [-0.2, -0.15) is 0 Å². The lowest BCUT2D eigenvalue weighted by Gasteiger charge is -2.36. The Labute approximate surface area is 200 Å². The number of hydrogen-bond acceptors (Lipinski definition) is 8. The molecule has 1 heterocycles. The fourth-order valence-corrected chi connectivity index (χ4v) is 3.98. The second-order valence-electron chi connectivity index (χ2n) is 7.95. The molecule has 0 saturated carbocycles. The number of amides is 3. The number of ketones is 1. The number of carbonyl (C=O) groups excluding carboxylic acids is 5. The quantitative estimate of drug-likeness (QED) is 0.405. The number of carboxylic acid groups (broad SMARTS) is 2. The van der Waals surface area contributed by atoms with Gasteiger partial charge in [-0.3, -0.25) is 9.59 Å². The van der Waals surface area contributed by atoms with Crippen molar-refractivity contribution in [1.82, 2.24) is 9.80 Å². The normalized spacial score (nSPS) is 16.9. The standard InChI is InChI=1S/C24H25N3O8/c1-14(28)16-5-7-17(8-6-16)25-24(34)27(13-15-3-9-18(35-2)10-4-15)19-11-12-26(20(19)22(30)31)21(29)23(32)33/h3-10,19-20H,11-13H2,1-2H3,(H,25,34)(H,30,31)(H,32,33)/p-2/t19-,20+/m1/s1. The lowest BCUT2D eigenvalue weighted by atomic mass is 10.1. The van der Waals surface area contributed by atoms with Gasteiger partial charge in [-0.25, -0.2) is 4.79 Å². The molecule has 1 N–H and O–H groups in total. The summed E-state index contributed by atoms with van der Waals surface area (Å²) in [6, 6.07) is 9.37. The molecule has 0 unspecified atom stereocenters. The molecule has 3 amide bonds. The Kier molecular flexibility index (Phi) is 7.69. The highest BCUT2D eigenvalue weighted by atomic mass is 16.5. The van der Waals surface area contributed by atoms with Crippen LogP contribution in [0.1, 0.15) is 29.3 Å². The van der Waals surface area contributed by atoms with Gasteiger partial charge in [-0.05, 0) is 55.3 Å². The van der Waals surface area contributed by atoms with Crippen LogP contribution in [0.4, 0.5) is 10.5 Å². The molecule has 1 saturated heterocycles. The number of carbonyl (C=O) groups is 5. The number of rotatable bonds is 7. The molecule has 11 nitrogen and oxygen atoms in total. The Morgan fingerprint density at radius 2 is 1.66 bits per heavy atom. The van der Waals surface area contributed by atoms with Gasteiger partial charge in [-0.15, -0.1) is 0 Å². The third-order valence-corrected chi connectivity index (χ3v) is 5.76. The second kappa shape index (κ2) is 10.7. The Bertz CT molecular complexity index is 1130. The van der Waals surface area contributed by atoms with Crippen LogP contribution in [-0.4, -0.2) is 65.2 Å². The van der Waals surface area contributed by atoms with Gasteiger partial charge in [0.15, 0.2) is 5.78 Å². The van der Waals surface area contributed by atoms with E-state index in [1.165, 1.54) is 43.2 Å². The minimum Gasteiger partial charge on any atom is -0.548 e. The maximum atomic E-state index is 13.3. The fourth-order valence-electron chi connectivity index (χ4n) is 3.98. The first-order valence-corrected chi connectivity index (χ1v) is 10.7. The molecule has 35 heavy (non-hydrogen) atoms. The summed E-state index contributed by atoms with van der Waals surface area (Å²) < 4.78 is 5.13. The van der Waals surface area contributed by atoms with Crippen LogP contribution in [0, 0.1) is 0 Å². The highest BCUT2D eigenvalue weighted by Crippen LogP contribution is 2.26. The van der Waals surface area contributed by atoms with E-state index in [0.717, 1.165) is 0 Å². The molecule has 0 radical (unpaired) electrons. The van der Waals surface area contributed by atoms with Crippen LogP contribution in [0.15, 0.2) is 48.5 Å². The van der Waals surface area contributed by atoms with Crippen molar-refractivity contribution in [3.8, 4) is 5.75 Å². The number of anilines is 1. The third-order valence-electron chi connectivity index (χ3n) is 5.76. The van der Waals surface area contributed by atoms with Crippen molar-refractivity contribution in [2.45, 2.75) is 32.0 Å². The highest BCUT2D eigenvalue weighted by Gasteiger charge is 2.43. The molecular weight excluding hydrogens is 458 g/mol. The first-order valence-electron chi connectivity index (χ1n) is 10.7. The summed E-state index contributed by atoms with van der Waals surface area (Å²) in [6.07, 6.45) is 0.00448. The van der Waals surface area contributed by atoms with E-state index in [1.807, 2.05) is 0 Å². The van der Waals surface area contributed by atoms with Crippen molar-refractivity contribution in [3.05, 3.63) is 59.7 Å². The van der Waals surface area contributed by atoms with Gasteiger partial charge in [0.05, 0.1) is 25.2 Å². The second-order valence-corrected chi connectivity index (χ2v) is 7.95. The van der Waals surface area contributed by atoms with Gasteiger partial charge in [0.2, 0.25) is 0 Å². The van der Waals surface area contributed by atoms with Crippen LogP contribution < -0.4 is 20.3 Å². The summed E-state index contributed by atoms with van der Waals surface area (Å²) in [6.45, 7) is 1.14. The van der Waals surface area contributed by atoms with Gasteiger partial charge in [0, 0.05) is 24.3 Å². The number of methoxy groups -OCH3 is 1. The summed E-state index contributed by atoms with van der Waals surface area (Å²) in [4.78, 5) is 61.7. The number of nitrogens with zero attached hydrogens (tertiary/aromatic N) is 2. The average molecular weight is 481 g/mol. The van der Waals surface area contributed by atoms with Crippen molar-refractivity contribution in [2.75, 3.05) is 19.0 Å². The zero-order valence-corrected chi connectivity index (χ0v) is 19.1. The van der Waals surface area contributed by atoms with Gasteiger partial charge in [0.1, 0.15) is 11.7 Å². The van der Waals surface area contributed by atoms with Crippen LogP contribution in [-0.2, 0) is 20.9 Å². The van der Waals surface area contributed by atoms with E-state index in [1.54, 1.807) is 24.3 Å². The molecule has 2 aromatic rings. The summed E-state index contributed by atoms with van der Waals surface area (Å²) in [5.74, 6) is -4.81. The number of benzene rings is 2. The summed E-state index contributed by atoms with van der Waals surface area (Å²) >= 11 is 0. The minimum absolute atomic E-state index is 0.00448. The SMILES string of the molecule is COc1ccc(CN(C(=O)Nc2ccc(C(C)=O)cc2)[C@@H]2CCN(C(=O)C(=O)[O-])[C@@H]2C(=O)[O-])cc1. The number of nitrogens with one attached hydrogen (secondary N) is 1. The van der Waals surface area contributed by atoms with Crippen molar-refractivity contribution < 1.29 is 38.9 Å². The molecule has 184 valence electrons. The number of carboxylic acids is 2. The topological polar surface area (TPSA) is 159 Å². The fraction of sp³-hybridized carbons (Fsp3) is 0.292. The molecule has 3 rings (SSSR count). The molecule has 0 bridgehead atoms. The third kappa shape index (κ3) is 5.75. The summed E-state index contributed by atoms with van der Waals surface area (Å²) in [7, 11) is 1.50. The molecule has 1 aliphatic rings. The van der Waals surface area contributed by atoms with Gasteiger partial charge < -0.3 is 39.7 Å². The number of aliphatic carboxylic acids is 2. The zero-order chi connectivity index (χ0) is 25.7. The number of ether oxygens (including phenoxy) is 1. The van der Waals surface area contributed by atoms with Crippen LogP contribution >= 0.6 is 0 Å². The van der Waals surface area contributed by atoms with E-state index in [0.29, 0.717) is 27.5 Å². The lowest BCUT2D eigenvalue weighted by molar-refractivity contribution is -0.312. The Morgan fingerprint density at radius 1 is 1.03 bits per heavy atom. The first kappa shape index (κ1) is 25.2. The maximum Gasteiger partial charge on any atom is 0.322 e. The molecule has 1 fully saturated rings. The van der Waals surface area contributed by atoms with Crippen LogP contribution in [0.3, 0.4) is 0 Å². The predicted octanol–water partition coefficient (Wildman–Crippen LogP) is -0.599. The van der Waals surface area contributed by atoms with Gasteiger partial charge >= 0.3 is 6.03 Å². The summed E-state index contributed by atoms with van der Waals surface area (Å²) in [5.41, 5.74) is 1.43. The number of likely N-dealkylation sites (tertiary alicyclic amines) is 1. The molecular formula is C24H23N3O8-2. The van der Waals surface area contributed by atoms with Crippen molar-refractivity contribution in [2.24, 2.45) is 0 Å².